The van der Waals surface area contributed by atoms with Crippen LogP contribution in [0, 0.1) is 0 Å². The minimum absolute atomic E-state index is 0.0861. The van der Waals surface area contributed by atoms with Crippen LogP contribution in [-0.2, 0) is 14.3 Å². The van der Waals surface area contributed by atoms with Gasteiger partial charge in [0.05, 0.1) is 16.8 Å². The molecule has 2 aromatic carbocycles. The Balaban J connectivity index is 1.52. The summed E-state index contributed by atoms with van der Waals surface area (Å²) in [5.74, 6) is -1.00. The zero-order valence-electron chi connectivity index (χ0n) is 19.7. The number of halogens is 2. The standard InChI is InChI=1S/C27H25Br2N3O4/c1-17(33)30-22-6-3-11-32(15-22)26(34)16-36-27(35)24-14-21(9-7-18-4-2-5-19(28)12-18)31-25-10-8-20(29)13-23(24)25/h2,4-5,7-10,12-14,22H,3,6,11,15-16H2,1H3,(H,30,33)/b9-7+. The average molecular weight is 615 g/mol. The molecule has 7 nitrogen and oxygen atoms in total. The van der Waals surface area contributed by atoms with Crippen molar-refractivity contribution in [1.29, 1.82) is 0 Å². The Labute approximate surface area is 226 Å². The summed E-state index contributed by atoms with van der Waals surface area (Å²) in [4.78, 5) is 43.5. The van der Waals surface area contributed by atoms with E-state index in [0.717, 1.165) is 27.4 Å². The van der Waals surface area contributed by atoms with E-state index in [4.69, 9.17) is 4.74 Å². The minimum Gasteiger partial charge on any atom is -0.452 e. The molecule has 36 heavy (non-hydrogen) atoms. The van der Waals surface area contributed by atoms with E-state index in [2.05, 4.69) is 42.2 Å². The normalized spacial score (nSPS) is 15.8. The second-order valence-corrected chi connectivity index (χ2v) is 10.4. The lowest BCUT2D eigenvalue weighted by molar-refractivity contribution is -0.136. The van der Waals surface area contributed by atoms with E-state index in [-0.39, 0.29) is 24.5 Å². The molecule has 186 valence electrons. The highest BCUT2D eigenvalue weighted by Gasteiger charge is 2.25. The van der Waals surface area contributed by atoms with Crippen LogP contribution in [0.25, 0.3) is 23.1 Å². The Morgan fingerprint density at radius 3 is 2.69 bits per heavy atom. The van der Waals surface area contributed by atoms with Crippen molar-refractivity contribution in [2.75, 3.05) is 19.7 Å². The Bertz CT molecular complexity index is 1340. The van der Waals surface area contributed by atoms with Crippen molar-refractivity contribution in [3.8, 4) is 0 Å². The molecule has 1 unspecified atom stereocenters. The molecule has 1 aliphatic rings. The average Bonchev–Trinajstić information content (AvgIpc) is 2.85. The summed E-state index contributed by atoms with van der Waals surface area (Å²) < 4.78 is 7.22. The number of hydrogen-bond donors (Lipinski definition) is 1. The van der Waals surface area contributed by atoms with Crippen LogP contribution in [0.3, 0.4) is 0 Å². The number of amides is 2. The van der Waals surface area contributed by atoms with Gasteiger partial charge in [-0.3, -0.25) is 9.59 Å². The molecule has 1 aliphatic heterocycles. The summed E-state index contributed by atoms with van der Waals surface area (Å²) in [7, 11) is 0. The highest BCUT2D eigenvalue weighted by Crippen LogP contribution is 2.25. The SMILES string of the molecule is CC(=O)NC1CCCN(C(=O)COC(=O)c2cc(/C=C/c3cccc(Br)c3)nc3ccc(Br)cc23)C1. The summed E-state index contributed by atoms with van der Waals surface area (Å²) in [6, 6.07) is 14.9. The summed E-state index contributed by atoms with van der Waals surface area (Å²) >= 11 is 6.92. The van der Waals surface area contributed by atoms with E-state index < -0.39 is 5.97 Å². The lowest BCUT2D eigenvalue weighted by Crippen LogP contribution is -2.50. The quantitative estimate of drug-likeness (QED) is 0.385. The fraction of sp³-hybridized carbons (Fsp3) is 0.259. The van der Waals surface area contributed by atoms with Crippen molar-refractivity contribution in [2.24, 2.45) is 0 Å². The van der Waals surface area contributed by atoms with Crippen LogP contribution < -0.4 is 5.32 Å². The van der Waals surface area contributed by atoms with Crippen LogP contribution in [0.1, 0.15) is 41.4 Å². The van der Waals surface area contributed by atoms with E-state index in [1.165, 1.54) is 6.92 Å². The highest BCUT2D eigenvalue weighted by molar-refractivity contribution is 9.10. The first-order chi connectivity index (χ1) is 17.3. The van der Waals surface area contributed by atoms with Gasteiger partial charge >= 0.3 is 5.97 Å². The van der Waals surface area contributed by atoms with Crippen molar-refractivity contribution in [2.45, 2.75) is 25.8 Å². The van der Waals surface area contributed by atoms with E-state index in [1.807, 2.05) is 54.6 Å². The van der Waals surface area contributed by atoms with Gasteiger partial charge in [-0.05, 0) is 60.9 Å². The first-order valence-corrected chi connectivity index (χ1v) is 13.1. The smallest absolute Gasteiger partial charge is 0.339 e. The van der Waals surface area contributed by atoms with Gasteiger partial charge in [-0.2, -0.15) is 0 Å². The predicted octanol–water partition coefficient (Wildman–Crippen LogP) is 5.21. The second kappa shape index (κ2) is 11.8. The zero-order valence-corrected chi connectivity index (χ0v) is 22.8. The molecule has 0 saturated carbocycles. The second-order valence-electron chi connectivity index (χ2n) is 8.60. The largest absolute Gasteiger partial charge is 0.452 e. The maximum absolute atomic E-state index is 13.1. The summed E-state index contributed by atoms with van der Waals surface area (Å²) in [5.41, 5.74) is 2.55. The number of carbonyl (C=O) groups is 3. The van der Waals surface area contributed by atoms with Gasteiger partial charge in [-0.1, -0.05) is 50.1 Å². The van der Waals surface area contributed by atoms with Gasteiger partial charge in [-0.25, -0.2) is 9.78 Å². The molecule has 2 heterocycles. The van der Waals surface area contributed by atoms with E-state index in [1.54, 1.807) is 11.0 Å². The molecule has 1 aromatic heterocycles. The summed E-state index contributed by atoms with van der Waals surface area (Å²) in [6.45, 7) is 2.07. The monoisotopic (exact) mass is 613 g/mol. The van der Waals surface area contributed by atoms with E-state index >= 15 is 0 Å². The molecule has 1 fully saturated rings. The first-order valence-electron chi connectivity index (χ1n) is 11.5. The van der Waals surface area contributed by atoms with Gasteiger partial charge in [0.25, 0.3) is 5.91 Å². The maximum atomic E-state index is 13.1. The lowest BCUT2D eigenvalue weighted by atomic mass is 10.1. The number of aromatic nitrogens is 1. The number of nitrogens with zero attached hydrogens (tertiary/aromatic N) is 2. The molecule has 0 aliphatic carbocycles. The summed E-state index contributed by atoms with van der Waals surface area (Å²) in [6.07, 6.45) is 5.35. The number of hydrogen-bond acceptors (Lipinski definition) is 5. The van der Waals surface area contributed by atoms with Crippen molar-refractivity contribution in [1.82, 2.24) is 15.2 Å². The van der Waals surface area contributed by atoms with Crippen LogP contribution in [0.2, 0.25) is 0 Å². The highest BCUT2D eigenvalue weighted by atomic mass is 79.9. The molecule has 0 bridgehead atoms. The number of rotatable bonds is 6. The molecule has 1 atom stereocenters. The number of ether oxygens (including phenoxy) is 1. The third-order valence-corrected chi connectivity index (χ3v) is 6.80. The third kappa shape index (κ3) is 6.79. The molecule has 1 saturated heterocycles. The van der Waals surface area contributed by atoms with Gasteiger partial charge in [0.15, 0.2) is 6.61 Å². The van der Waals surface area contributed by atoms with Gasteiger partial charge in [-0.15, -0.1) is 0 Å². The third-order valence-electron chi connectivity index (χ3n) is 5.81. The number of carbonyl (C=O) groups excluding carboxylic acids is 3. The molecule has 4 rings (SSSR count). The number of nitrogens with one attached hydrogen (secondary N) is 1. The lowest BCUT2D eigenvalue weighted by Gasteiger charge is -2.32. The van der Waals surface area contributed by atoms with Crippen molar-refractivity contribution >= 4 is 72.7 Å². The van der Waals surface area contributed by atoms with Crippen LogP contribution in [0.4, 0.5) is 0 Å². The molecule has 9 heteroatoms. The molecular weight excluding hydrogens is 590 g/mol. The minimum atomic E-state index is -0.596. The van der Waals surface area contributed by atoms with E-state index in [0.29, 0.717) is 35.2 Å². The van der Waals surface area contributed by atoms with Crippen LogP contribution in [-0.4, -0.2) is 53.4 Å². The molecular formula is C27H25Br2N3O4. The predicted molar refractivity (Wildman–Crippen MR) is 146 cm³/mol. The molecule has 3 aromatic rings. The van der Waals surface area contributed by atoms with Gasteiger partial charge in [0.2, 0.25) is 5.91 Å². The zero-order chi connectivity index (χ0) is 25.7. The van der Waals surface area contributed by atoms with Gasteiger partial charge < -0.3 is 15.0 Å². The maximum Gasteiger partial charge on any atom is 0.339 e. The fourth-order valence-electron chi connectivity index (χ4n) is 4.17. The Kier molecular flexibility index (Phi) is 8.53. The topological polar surface area (TPSA) is 88.6 Å². The molecule has 2 amide bonds. The van der Waals surface area contributed by atoms with Crippen LogP contribution in [0.15, 0.2) is 57.5 Å². The first kappa shape index (κ1) is 26.0. The van der Waals surface area contributed by atoms with Crippen molar-refractivity contribution in [3.63, 3.8) is 0 Å². The summed E-state index contributed by atoms with van der Waals surface area (Å²) in [5, 5.41) is 3.48. The Hall–Kier alpha value is -3.04. The number of likely N-dealkylation sites (tertiary alicyclic amines) is 1. The van der Waals surface area contributed by atoms with Crippen LogP contribution in [0.5, 0.6) is 0 Å². The molecule has 1 N–H and O–H groups in total. The number of piperidine rings is 1. The number of benzene rings is 2. The fourth-order valence-corrected chi connectivity index (χ4v) is 4.95. The number of fused-ring (bicyclic) bond motifs is 1. The number of pyridine rings is 1. The van der Waals surface area contributed by atoms with Gasteiger partial charge in [0.1, 0.15) is 0 Å². The van der Waals surface area contributed by atoms with Crippen molar-refractivity contribution < 1.29 is 19.1 Å². The number of esters is 1. The molecule has 0 radical (unpaired) electrons. The Morgan fingerprint density at radius 1 is 1.11 bits per heavy atom. The van der Waals surface area contributed by atoms with Gasteiger partial charge in [0, 0.05) is 40.4 Å². The molecule has 0 spiro atoms. The van der Waals surface area contributed by atoms with Crippen LogP contribution >= 0.6 is 31.9 Å². The Morgan fingerprint density at radius 2 is 1.92 bits per heavy atom. The van der Waals surface area contributed by atoms with Crippen molar-refractivity contribution in [3.05, 3.63) is 74.3 Å². The van der Waals surface area contributed by atoms with E-state index in [9.17, 15) is 14.4 Å².